The molecule has 0 aliphatic rings. The molecule has 0 bridgehead atoms. The van der Waals surface area contributed by atoms with E-state index >= 15 is 0 Å². The summed E-state index contributed by atoms with van der Waals surface area (Å²) in [4.78, 5) is 0. The molecule has 0 fully saturated rings. The minimum absolute atomic E-state index is 0.137. The molecule has 0 aliphatic heterocycles. The second-order valence-corrected chi connectivity index (χ2v) is 4.37. The van der Waals surface area contributed by atoms with Crippen molar-refractivity contribution in [2.75, 3.05) is 18.1 Å². The van der Waals surface area contributed by atoms with Gasteiger partial charge in [0.2, 0.25) is 0 Å². The molecule has 0 rings (SSSR count). The zero-order valence-electron chi connectivity index (χ0n) is 8.28. The summed E-state index contributed by atoms with van der Waals surface area (Å²) < 4.78 is 0. The fourth-order valence-corrected chi connectivity index (χ4v) is 1.84. The van der Waals surface area contributed by atoms with E-state index in [4.69, 9.17) is 15.9 Å². The molecular weight excluding hydrogens is 186 g/mol. The summed E-state index contributed by atoms with van der Waals surface area (Å²) in [5.41, 5.74) is 5.74. The van der Waals surface area contributed by atoms with Crippen molar-refractivity contribution in [3.8, 4) is 0 Å². The van der Waals surface area contributed by atoms with Crippen LogP contribution in [0.5, 0.6) is 0 Å². The smallest absolute Gasteiger partial charge is 0.0861 e. The first-order valence-corrected chi connectivity index (χ1v) is 5.98. The monoisotopic (exact) mass is 207 g/mol. The molecule has 2 atom stereocenters. The highest BCUT2D eigenvalue weighted by molar-refractivity contribution is 7.99. The van der Waals surface area contributed by atoms with Crippen LogP contribution in [0.4, 0.5) is 0 Å². The van der Waals surface area contributed by atoms with E-state index in [1.165, 1.54) is 0 Å². The van der Waals surface area contributed by atoms with Gasteiger partial charge in [-0.1, -0.05) is 6.92 Å². The molecule has 13 heavy (non-hydrogen) atoms. The van der Waals surface area contributed by atoms with Crippen molar-refractivity contribution >= 4 is 11.8 Å². The first-order chi connectivity index (χ1) is 6.20. The van der Waals surface area contributed by atoms with Gasteiger partial charge in [-0.15, -0.1) is 0 Å². The summed E-state index contributed by atoms with van der Waals surface area (Å²) in [6, 6.07) is 0.323. The van der Waals surface area contributed by atoms with E-state index < -0.39 is 6.10 Å². The molecule has 0 radical (unpaired) electrons. The number of rotatable bonds is 8. The van der Waals surface area contributed by atoms with Crippen LogP contribution >= 0.6 is 11.8 Å². The van der Waals surface area contributed by atoms with Crippen molar-refractivity contribution in [3.05, 3.63) is 0 Å². The number of nitrogens with two attached hydrogens (primary N) is 1. The van der Waals surface area contributed by atoms with E-state index in [0.717, 1.165) is 25.0 Å². The zero-order valence-corrected chi connectivity index (χ0v) is 9.09. The maximum Gasteiger partial charge on any atom is 0.0861 e. The predicted octanol–water partition coefficient (Wildman–Crippen LogP) is 0.590. The Morgan fingerprint density at radius 2 is 2.15 bits per heavy atom. The Bertz CT molecular complexity index is 102. The summed E-state index contributed by atoms with van der Waals surface area (Å²) in [5.74, 6) is 1.64. The fraction of sp³-hybridized carbons (Fsp3) is 1.00. The van der Waals surface area contributed by atoms with E-state index in [1.807, 2.05) is 0 Å². The van der Waals surface area contributed by atoms with Gasteiger partial charge in [-0.2, -0.15) is 11.8 Å². The van der Waals surface area contributed by atoms with Gasteiger partial charge in [0.1, 0.15) is 0 Å². The van der Waals surface area contributed by atoms with Crippen LogP contribution in [0.3, 0.4) is 0 Å². The van der Waals surface area contributed by atoms with Gasteiger partial charge in [0.05, 0.1) is 12.7 Å². The highest BCUT2D eigenvalue weighted by Gasteiger charge is 2.02. The molecule has 0 aliphatic carbocycles. The van der Waals surface area contributed by atoms with Crippen LogP contribution in [0.2, 0.25) is 0 Å². The minimum atomic E-state index is -0.565. The average molecular weight is 207 g/mol. The van der Waals surface area contributed by atoms with Gasteiger partial charge in [-0.3, -0.25) is 0 Å². The van der Waals surface area contributed by atoms with Crippen molar-refractivity contribution < 1.29 is 10.2 Å². The van der Waals surface area contributed by atoms with Crippen LogP contribution in [0.1, 0.15) is 26.2 Å². The molecule has 0 heterocycles. The molecule has 80 valence electrons. The Morgan fingerprint density at radius 3 is 2.69 bits per heavy atom. The molecule has 4 heteroatoms. The topological polar surface area (TPSA) is 66.5 Å². The summed E-state index contributed by atoms with van der Waals surface area (Å²) in [6.07, 6.45) is 2.62. The van der Waals surface area contributed by atoms with E-state index in [9.17, 15) is 0 Å². The summed E-state index contributed by atoms with van der Waals surface area (Å²) in [6.45, 7) is 1.95. The largest absolute Gasteiger partial charge is 0.394 e. The van der Waals surface area contributed by atoms with E-state index in [0.29, 0.717) is 11.8 Å². The Kier molecular flexibility index (Phi) is 8.97. The maximum absolute atomic E-state index is 9.02. The van der Waals surface area contributed by atoms with Crippen molar-refractivity contribution in [2.45, 2.75) is 38.3 Å². The summed E-state index contributed by atoms with van der Waals surface area (Å²) >= 11 is 1.67. The molecule has 0 aromatic heterocycles. The van der Waals surface area contributed by atoms with Crippen molar-refractivity contribution in [3.63, 3.8) is 0 Å². The highest BCUT2D eigenvalue weighted by atomic mass is 32.2. The summed E-state index contributed by atoms with van der Waals surface area (Å²) in [5, 5.41) is 17.6. The van der Waals surface area contributed by atoms with Gasteiger partial charge >= 0.3 is 0 Å². The van der Waals surface area contributed by atoms with E-state index in [-0.39, 0.29) is 6.61 Å². The molecule has 0 aromatic carbocycles. The molecular formula is C9H21NO2S. The second kappa shape index (κ2) is 8.81. The first-order valence-electron chi connectivity index (χ1n) is 4.83. The lowest BCUT2D eigenvalue weighted by Gasteiger charge is -2.09. The van der Waals surface area contributed by atoms with Crippen LogP contribution in [0.15, 0.2) is 0 Å². The molecule has 0 amide bonds. The third-order valence-electron chi connectivity index (χ3n) is 1.91. The lowest BCUT2D eigenvalue weighted by molar-refractivity contribution is 0.113. The molecule has 0 saturated heterocycles. The standard InChI is InChI=1S/C9H21NO2S/c1-2-8(10)4-3-5-13-7-9(12)6-11/h8-9,11-12H,2-7,10H2,1H3. The van der Waals surface area contributed by atoms with Crippen LogP contribution in [0.25, 0.3) is 0 Å². The van der Waals surface area contributed by atoms with Gasteiger partial charge in [-0.05, 0) is 25.0 Å². The van der Waals surface area contributed by atoms with Gasteiger partial charge in [0, 0.05) is 11.8 Å². The molecule has 2 unspecified atom stereocenters. The van der Waals surface area contributed by atoms with Gasteiger partial charge in [0.15, 0.2) is 0 Å². The van der Waals surface area contributed by atoms with Crippen molar-refractivity contribution in [2.24, 2.45) is 5.73 Å². The third kappa shape index (κ3) is 8.56. The van der Waals surface area contributed by atoms with Crippen molar-refractivity contribution in [1.29, 1.82) is 0 Å². The molecule has 4 N–H and O–H groups in total. The fourth-order valence-electron chi connectivity index (χ4n) is 0.924. The summed E-state index contributed by atoms with van der Waals surface area (Å²) in [7, 11) is 0. The average Bonchev–Trinajstić information content (AvgIpc) is 2.16. The number of hydrogen-bond donors (Lipinski definition) is 3. The Hall–Kier alpha value is 0.230. The van der Waals surface area contributed by atoms with Gasteiger partial charge in [-0.25, -0.2) is 0 Å². The second-order valence-electron chi connectivity index (χ2n) is 3.22. The van der Waals surface area contributed by atoms with E-state index in [2.05, 4.69) is 6.92 Å². The van der Waals surface area contributed by atoms with Crippen LogP contribution in [-0.4, -0.2) is 40.5 Å². The third-order valence-corrected chi connectivity index (χ3v) is 3.11. The Morgan fingerprint density at radius 1 is 1.46 bits per heavy atom. The van der Waals surface area contributed by atoms with Crippen LogP contribution < -0.4 is 5.73 Å². The Labute approximate surface area is 84.7 Å². The molecule has 0 aromatic rings. The SMILES string of the molecule is CCC(N)CCCSCC(O)CO. The number of hydrogen-bond acceptors (Lipinski definition) is 4. The van der Waals surface area contributed by atoms with E-state index in [1.54, 1.807) is 11.8 Å². The predicted molar refractivity (Wildman–Crippen MR) is 57.9 cm³/mol. The number of thioether (sulfide) groups is 1. The number of aliphatic hydroxyl groups excluding tert-OH is 2. The molecule has 0 saturated carbocycles. The van der Waals surface area contributed by atoms with Gasteiger partial charge < -0.3 is 15.9 Å². The van der Waals surface area contributed by atoms with Crippen LogP contribution in [-0.2, 0) is 0 Å². The lowest BCUT2D eigenvalue weighted by Crippen LogP contribution is -2.18. The van der Waals surface area contributed by atoms with Crippen LogP contribution in [0, 0.1) is 0 Å². The Balaban J connectivity index is 3.08. The maximum atomic E-state index is 9.02. The lowest BCUT2D eigenvalue weighted by atomic mass is 10.1. The molecule has 3 nitrogen and oxygen atoms in total. The first kappa shape index (κ1) is 13.2. The molecule has 0 spiro atoms. The van der Waals surface area contributed by atoms with Crippen molar-refractivity contribution in [1.82, 2.24) is 0 Å². The highest BCUT2D eigenvalue weighted by Crippen LogP contribution is 2.08. The normalized spacial score (nSPS) is 15.7. The quantitative estimate of drug-likeness (QED) is 0.510. The van der Waals surface area contributed by atoms with Gasteiger partial charge in [0.25, 0.3) is 0 Å². The zero-order chi connectivity index (χ0) is 10.1. The number of aliphatic hydroxyl groups is 2. The minimum Gasteiger partial charge on any atom is -0.394 e.